The van der Waals surface area contributed by atoms with Crippen molar-refractivity contribution >= 4 is 21.8 Å². The van der Waals surface area contributed by atoms with Crippen LogP contribution < -0.4 is 5.73 Å². The van der Waals surface area contributed by atoms with Crippen molar-refractivity contribution in [3.63, 3.8) is 0 Å². The molecule has 0 unspecified atom stereocenters. The van der Waals surface area contributed by atoms with Gasteiger partial charge in [0, 0.05) is 4.47 Å². The second-order valence-corrected chi connectivity index (χ2v) is 3.28. The summed E-state index contributed by atoms with van der Waals surface area (Å²) in [5, 5.41) is 9.23. The molecular formula is C8H8BrNO2. The number of aliphatic hydroxyl groups excluding tert-OH is 1. The average molecular weight is 230 g/mol. The quantitative estimate of drug-likeness (QED) is 0.794. The molecule has 1 aromatic rings. The molecule has 1 rings (SSSR count). The molecule has 4 heteroatoms. The van der Waals surface area contributed by atoms with Gasteiger partial charge in [0.15, 0.2) is 6.10 Å². The van der Waals surface area contributed by atoms with Gasteiger partial charge in [-0.1, -0.05) is 28.1 Å². The number of halogens is 1. The van der Waals surface area contributed by atoms with Crippen LogP contribution in [0.2, 0.25) is 0 Å². The van der Waals surface area contributed by atoms with E-state index in [1.807, 2.05) is 0 Å². The summed E-state index contributed by atoms with van der Waals surface area (Å²) in [4.78, 5) is 10.6. The van der Waals surface area contributed by atoms with Crippen molar-refractivity contribution in [3.05, 3.63) is 34.3 Å². The lowest BCUT2D eigenvalue weighted by atomic mass is 10.1. The molecule has 1 aromatic carbocycles. The number of benzene rings is 1. The van der Waals surface area contributed by atoms with Crippen LogP contribution in [0.4, 0.5) is 0 Å². The van der Waals surface area contributed by atoms with Gasteiger partial charge in [0.05, 0.1) is 0 Å². The molecule has 0 aliphatic heterocycles. The minimum atomic E-state index is -1.22. The second-order valence-electron chi connectivity index (χ2n) is 2.36. The molecule has 3 nitrogen and oxygen atoms in total. The van der Waals surface area contributed by atoms with Gasteiger partial charge >= 0.3 is 0 Å². The fraction of sp³-hybridized carbons (Fsp3) is 0.125. The fourth-order valence-corrected chi connectivity index (χ4v) is 1.26. The Labute approximate surface area is 78.3 Å². The van der Waals surface area contributed by atoms with E-state index in [1.54, 1.807) is 24.3 Å². The molecule has 0 spiro atoms. The zero-order chi connectivity index (χ0) is 9.14. The van der Waals surface area contributed by atoms with E-state index >= 15 is 0 Å². The monoisotopic (exact) mass is 229 g/mol. The molecule has 0 saturated carbocycles. The fourth-order valence-electron chi connectivity index (χ4n) is 0.841. The molecule has 1 amide bonds. The minimum Gasteiger partial charge on any atom is -0.378 e. The highest BCUT2D eigenvalue weighted by molar-refractivity contribution is 9.10. The van der Waals surface area contributed by atoms with Crippen molar-refractivity contribution in [1.82, 2.24) is 0 Å². The number of hydrogen-bond acceptors (Lipinski definition) is 2. The summed E-state index contributed by atoms with van der Waals surface area (Å²) in [5.74, 6) is -0.742. The first-order valence-electron chi connectivity index (χ1n) is 3.34. The van der Waals surface area contributed by atoms with Crippen molar-refractivity contribution < 1.29 is 9.90 Å². The Hall–Kier alpha value is -0.870. The summed E-state index contributed by atoms with van der Waals surface area (Å²) < 4.78 is 0.806. The Balaban J connectivity index is 2.95. The topological polar surface area (TPSA) is 63.3 Å². The van der Waals surface area contributed by atoms with Crippen molar-refractivity contribution in [3.8, 4) is 0 Å². The van der Waals surface area contributed by atoms with Gasteiger partial charge in [-0.2, -0.15) is 0 Å². The predicted octanol–water partition coefficient (Wildman–Crippen LogP) is 0.968. The number of aliphatic hydroxyl groups is 1. The van der Waals surface area contributed by atoms with Gasteiger partial charge in [0.1, 0.15) is 0 Å². The molecule has 0 radical (unpaired) electrons. The third kappa shape index (κ3) is 2.06. The number of carbonyl (C=O) groups is 1. The van der Waals surface area contributed by atoms with Gasteiger partial charge in [0.2, 0.25) is 0 Å². The van der Waals surface area contributed by atoms with E-state index < -0.39 is 12.0 Å². The normalized spacial score (nSPS) is 12.5. The minimum absolute atomic E-state index is 0.497. The Bertz CT molecular complexity index is 301. The Morgan fingerprint density at radius 2 is 2.25 bits per heavy atom. The van der Waals surface area contributed by atoms with Gasteiger partial charge in [-0.15, -0.1) is 0 Å². The molecule has 0 saturated heterocycles. The molecule has 12 heavy (non-hydrogen) atoms. The van der Waals surface area contributed by atoms with Gasteiger partial charge in [0.25, 0.3) is 5.91 Å². The third-order valence-electron chi connectivity index (χ3n) is 1.43. The van der Waals surface area contributed by atoms with Crippen molar-refractivity contribution in [1.29, 1.82) is 0 Å². The Morgan fingerprint density at radius 3 is 2.75 bits per heavy atom. The van der Waals surface area contributed by atoms with E-state index in [-0.39, 0.29) is 0 Å². The summed E-state index contributed by atoms with van der Waals surface area (Å²) in [6, 6.07) is 6.82. The standard InChI is InChI=1S/C8H8BrNO2/c9-6-3-1-2-5(4-6)7(11)8(10)12/h1-4,7,11H,(H2,10,12)/t7-/m1/s1. The summed E-state index contributed by atoms with van der Waals surface area (Å²) in [5.41, 5.74) is 5.41. The lowest BCUT2D eigenvalue weighted by Gasteiger charge is -2.05. The molecule has 0 aliphatic rings. The molecule has 0 bridgehead atoms. The van der Waals surface area contributed by atoms with Crippen LogP contribution in [0.15, 0.2) is 28.7 Å². The zero-order valence-corrected chi connectivity index (χ0v) is 7.78. The van der Waals surface area contributed by atoms with Gasteiger partial charge in [-0.3, -0.25) is 4.79 Å². The summed E-state index contributed by atoms with van der Waals surface area (Å²) in [7, 11) is 0. The molecular weight excluding hydrogens is 222 g/mol. The predicted molar refractivity (Wildman–Crippen MR) is 48.3 cm³/mol. The van der Waals surface area contributed by atoms with E-state index in [4.69, 9.17) is 5.73 Å². The highest BCUT2D eigenvalue weighted by Crippen LogP contribution is 2.17. The summed E-state index contributed by atoms with van der Waals surface area (Å²) >= 11 is 3.22. The van der Waals surface area contributed by atoms with E-state index in [1.165, 1.54) is 0 Å². The third-order valence-corrected chi connectivity index (χ3v) is 1.93. The lowest BCUT2D eigenvalue weighted by Crippen LogP contribution is -2.20. The number of carbonyl (C=O) groups excluding carboxylic acids is 1. The van der Waals surface area contributed by atoms with Crippen LogP contribution in [0.25, 0.3) is 0 Å². The molecule has 0 heterocycles. The number of amides is 1. The highest BCUT2D eigenvalue weighted by Gasteiger charge is 2.12. The summed E-state index contributed by atoms with van der Waals surface area (Å²) in [6.45, 7) is 0. The van der Waals surface area contributed by atoms with Crippen LogP contribution in [0, 0.1) is 0 Å². The number of rotatable bonds is 2. The van der Waals surface area contributed by atoms with Crippen LogP contribution in [-0.4, -0.2) is 11.0 Å². The first kappa shape index (κ1) is 9.22. The molecule has 0 aliphatic carbocycles. The summed E-state index contributed by atoms with van der Waals surface area (Å²) in [6.07, 6.45) is -1.22. The van der Waals surface area contributed by atoms with E-state index in [0.717, 1.165) is 4.47 Å². The maximum atomic E-state index is 10.6. The first-order valence-corrected chi connectivity index (χ1v) is 4.13. The second kappa shape index (κ2) is 3.69. The molecule has 0 fully saturated rings. The zero-order valence-electron chi connectivity index (χ0n) is 6.20. The van der Waals surface area contributed by atoms with Gasteiger partial charge < -0.3 is 10.8 Å². The number of hydrogen-bond donors (Lipinski definition) is 2. The first-order chi connectivity index (χ1) is 5.61. The number of primary amides is 1. The molecule has 3 N–H and O–H groups in total. The molecule has 64 valence electrons. The largest absolute Gasteiger partial charge is 0.378 e. The smallest absolute Gasteiger partial charge is 0.250 e. The lowest BCUT2D eigenvalue weighted by molar-refractivity contribution is -0.126. The van der Waals surface area contributed by atoms with Crippen LogP contribution in [-0.2, 0) is 4.79 Å². The van der Waals surface area contributed by atoms with E-state index in [2.05, 4.69) is 15.9 Å². The van der Waals surface area contributed by atoms with Crippen LogP contribution >= 0.6 is 15.9 Å². The van der Waals surface area contributed by atoms with Crippen molar-refractivity contribution in [2.24, 2.45) is 5.73 Å². The number of nitrogens with two attached hydrogens (primary N) is 1. The van der Waals surface area contributed by atoms with Crippen LogP contribution in [0.3, 0.4) is 0 Å². The van der Waals surface area contributed by atoms with Gasteiger partial charge in [-0.25, -0.2) is 0 Å². The SMILES string of the molecule is NC(=O)[C@H](O)c1cccc(Br)c1. The average Bonchev–Trinajstić information content (AvgIpc) is 2.03. The molecule has 0 aromatic heterocycles. The Kier molecular flexibility index (Phi) is 2.83. The maximum absolute atomic E-state index is 10.6. The van der Waals surface area contributed by atoms with Gasteiger partial charge in [-0.05, 0) is 17.7 Å². The van der Waals surface area contributed by atoms with Crippen molar-refractivity contribution in [2.75, 3.05) is 0 Å². The van der Waals surface area contributed by atoms with Crippen LogP contribution in [0.1, 0.15) is 11.7 Å². The van der Waals surface area contributed by atoms with E-state index in [0.29, 0.717) is 5.56 Å². The highest BCUT2D eigenvalue weighted by atomic mass is 79.9. The maximum Gasteiger partial charge on any atom is 0.250 e. The van der Waals surface area contributed by atoms with Crippen LogP contribution in [0.5, 0.6) is 0 Å². The Morgan fingerprint density at radius 1 is 1.58 bits per heavy atom. The van der Waals surface area contributed by atoms with E-state index in [9.17, 15) is 9.90 Å². The van der Waals surface area contributed by atoms with Crippen molar-refractivity contribution in [2.45, 2.75) is 6.10 Å². The molecule has 1 atom stereocenters.